The molecule has 11 rings (SSSR count). The summed E-state index contributed by atoms with van der Waals surface area (Å²) in [6.07, 6.45) is 7.81. The first-order valence-electron chi connectivity index (χ1n) is 21.3. The number of imide groups is 1. The van der Waals surface area contributed by atoms with E-state index in [1.807, 2.05) is 29.2 Å². The molecule has 0 bridgehead atoms. The first kappa shape index (κ1) is 36.8. The molecule has 304 valence electrons. The van der Waals surface area contributed by atoms with Gasteiger partial charge < -0.3 is 19.4 Å². The predicted molar refractivity (Wildman–Crippen MR) is 220 cm³/mol. The van der Waals surface area contributed by atoms with Crippen molar-refractivity contribution in [2.45, 2.75) is 87.7 Å². The molecule has 1 saturated carbocycles. The highest BCUT2D eigenvalue weighted by atomic mass is 35.5. The van der Waals surface area contributed by atoms with E-state index in [-0.39, 0.29) is 47.7 Å². The summed E-state index contributed by atoms with van der Waals surface area (Å²) in [6, 6.07) is 15.7. The van der Waals surface area contributed by atoms with Gasteiger partial charge in [0.25, 0.3) is 11.5 Å². The largest absolute Gasteiger partial charge is 0.489 e. The molecular weight excluding hydrogens is 770 g/mol. The number of carbonyl (C=O) groups is 4. The lowest BCUT2D eigenvalue weighted by Gasteiger charge is -2.46. The maximum Gasteiger partial charge on any atom is 0.282 e. The number of aromatic nitrogens is 2. The summed E-state index contributed by atoms with van der Waals surface area (Å²) < 4.78 is 8.58. The number of piperidine rings is 2. The molecule has 13 nitrogen and oxygen atoms in total. The highest BCUT2D eigenvalue weighted by Crippen LogP contribution is 2.52. The zero-order chi connectivity index (χ0) is 40.2. The van der Waals surface area contributed by atoms with E-state index in [4.69, 9.17) is 21.3 Å². The maximum atomic E-state index is 13.8. The van der Waals surface area contributed by atoms with Crippen molar-refractivity contribution in [1.82, 2.24) is 29.6 Å². The molecule has 3 saturated heterocycles. The molecule has 59 heavy (non-hydrogen) atoms. The summed E-state index contributed by atoms with van der Waals surface area (Å²) in [6.45, 7) is 4.53. The van der Waals surface area contributed by atoms with E-state index < -0.39 is 11.9 Å². The van der Waals surface area contributed by atoms with Crippen LogP contribution in [0.1, 0.15) is 96.6 Å². The number of nitrogens with zero attached hydrogens (tertiary/aromatic N) is 6. The van der Waals surface area contributed by atoms with Crippen LogP contribution in [-0.4, -0.2) is 106 Å². The van der Waals surface area contributed by atoms with Crippen molar-refractivity contribution >= 4 is 51.8 Å². The monoisotopic (exact) mass is 815 g/mol. The molecule has 1 aliphatic carbocycles. The highest BCUT2D eigenvalue weighted by Gasteiger charge is 2.47. The zero-order valence-electron chi connectivity index (χ0n) is 32.9. The summed E-state index contributed by atoms with van der Waals surface area (Å²) >= 11 is 6.60. The Morgan fingerprint density at radius 2 is 1.75 bits per heavy atom. The number of nitrogens with one attached hydrogen (secondary N) is 1. The molecular formula is C45H46ClN7O6. The van der Waals surface area contributed by atoms with Crippen LogP contribution in [0.5, 0.6) is 5.75 Å². The minimum atomic E-state index is -0.681. The summed E-state index contributed by atoms with van der Waals surface area (Å²) in [5.74, 6) is 1.07. The number of ether oxygens (including phenoxy) is 1. The van der Waals surface area contributed by atoms with Gasteiger partial charge in [-0.3, -0.25) is 38.8 Å². The second kappa shape index (κ2) is 13.9. The summed E-state index contributed by atoms with van der Waals surface area (Å²) in [5.41, 5.74) is 6.22. The standard InChI is InChI=1S/C45H46ClN7O6/c46-32-5-4-6-33-39(32)42(57)48-44-45(15-2-1-3-16-45)31-9-7-27(21-36(31)53(33)44)26-13-17-49(18-14-26)24-38(55)50-19-20-51-28(22-50)25-59-40-30-23-52(35-11-12-37(54)47-41(35)56)43(58)29(30)8-10-34(40)51/h4-10,21,26,28,35H,1-3,11-20,22-25H2,(H,47,54,56)/t28-,35?/m1/s1. The van der Waals surface area contributed by atoms with E-state index in [9.17, 15) is 24.0 Å². The third kappa shape index (κ3) is 5.74. The number of likely N-dealkylation sites (tertiary alicyclic amines) is 1. The van der Waals surface area contributed by atoms with Crippen LogP contribution in [0.3, 0.4) is 0 Å². The fourth-order valence-corrected chi connectivity index (χ4v) is 11.6. The van der Waals surface area contributed by atoms with E-state index >= 15 is 0 Å². The number of benzene rings is 3. The van der Waals surface area contributed by atoms with Gasteiger partial charge in [-0.2, -0.15) is 4.98 Å². The number of amides is 4. The molecule has 6 aliphatic heterocycles. The molecule has 3 aromatic carbocycles. The maximum absolute atomic E-state index is 13.8. The smallest absolute Gasteiger partial charge is 0.282 e. The fourth-order valence-electron chi connectivity index (χ4n) is 11.4. The molecule has 1 aromatic heterocycles. The summed E-state index contributed by atoms with van der Waals surface area (Å²) in [5, 5.41) is 3.27. The predicted octanol–water partition coefficient (Wildman–Crippen LogP) is 4.65. The van der Waals surface area contributed by atoms with E-state index in [0.717, 1.165) is 79.9 Å². The van der Waals surface area contributed by atoms with E-state index in [1.54, 1.807) is 11.0 Å². The van der Waals surface area contributed by atoms with Crippen LogP contribution >= 0.6 is 11.6 Å². The van der Waals surface area contributed by atoms with Gasteiger partial charge >= 0.3 is 0 Å². The van der Waals surface area contributed by atoms with Crippen LogP contribution in [0, 0.1) is 0 Å². The lowest BCUT2D eigenvalue weighted by atomic mass is 9.69. The van der Waals surface area contributed by atoms with Gasteiger partial charge in [0.1, 0.15) is 24.2 Å². The van der Waals surface area contributed by atoms with E-state index in [2.05, 4.69) is 37.9 Å². The number of hydrogen-bond donors (Lipinski definition) is 1. The summed E-state index contributed by atoms with van der Waals surface area (Å²) in [7, 11) is 0. The first-order valence-corrected chi connectivity index (χ1v) is 21.6. The van der Waals surface area contributed by atoms with Crippen LogP contribution < -0.4 is 20.5 Å². The van der Waals surface area contributed by atoms with E-state index in [0.29, 0.717) is 66.8 Å². The van der Waals surface area contributed by atoms with Crippen LogP contribution in [0.2, 0.25) is 5.02 Å². The van der Waals surface area contributed by atoms with Gasteiger partial charge in [0, 0.05) is 37.2 Å². The highest BCUT2D eigenvalue weighted by molar-refractivity contribution is 6.35. The van der Waals surface area contributed by atoms with Crippen molar-refractivity contribution in [2.24, 2.45) is 0 Å². The Hall–Kier alpha value is -5.27. The number of rotatable bonds is 4. The molecule has 1 N–H and O–H groups in total. The molecule has 14 heteroatoms. The van der Waals surface area contributed by atoms with Gasteiger partial charge in [0.05, 0.1) is 51.8 Å². The number of piperazine rings is 1. The molecule has 7 aliphatic rings. The number of carbonyl (C=O) groups excluding carboxylic acids is 4. The third-order valence-electron chi connectivity index (χ3n) is 14.4. The lowest BCUT2D eigenvalue weighted by molar-refractivity contribution is -0.137. The number of anilines is 1. The van der Waals surface area contributed by atoms with Crippen LogP contribution in [-0.2, 0) is 26.3 Å². The molecule has 1 spiro atoms. The fraction of sp³-hybridized carbons (Fsp3) is 0.467. The minimum absolute atomic E-state index is 0.00791. The quantitative estimate of drug-likeness (QED) is 0.292. The van der Waals surface area contributed by atoms with Crippen LogP contribution in [0.15, 0.2) is 53.3 Å². The molecule has 2 atom stereocenters. The second-order valence-corrected chi connectivity index (χ2v) is 17.9. The number of fused-ring (bicyclic) bond motifs is 12. The van der Waals surface area contributed by atoms with Crippen molar-refractivity contribution in [3.63, 3.8) is 0 Å². The van der Waals surface area contributed by atoms with Gasteiger partial charge in [-0.25, -0.2) is 0 Å². The van der Waals surface area contributed by atoms with Crippen molar-refractivity contribution in [2.75, 3.05) is 50.8 Å². The van der Waals surface area contributed by atoms with Gasteiger partial charge in [-0.1, -0.05) is 49.1 Å². The molecule has 4 aromatic rings. The zero-order valence-corrected chi connectivity index (χ0v) is 33.6. The van der Waals surface area contributed by atoms with Gasteiger partial charge in [-0.15, -0.1) is 0 Å². The molecule has 7 heterocycles. The van der Waals surface area contributed by atoms with Gasteiger partial charge in [0.15, 0.2) is 0 Å². The van der Waals surface area contributed by atoms with Crippen molar-refractivity contribution in [3.8, 4) is 11.4 Å². The molecule has 4 amide bonds. The SMILES string of the molecule is O=C1CCC(N2Cc3c(ccc4c3OC[C@H]3CN(C(=O)CN5CCC(c6ccc7c(c6)-n6c(nc(=O)c8c(Cl)cccc86)C76CCCCC6)CC5)CCN43)C2=O)C(=O)N1. The Balaban J connectivity index is 0.750. The third-order valence-corrected chi connectivity index (χ3v) is 14.7. The van der Waals surface area contributed by atoms with Crippen molar-refractivity contribution in [1.29, 1.82) is 0 Å². The Bertz CT molecular complexity index is 2540. The van der Waals surface area contributed by atoms with Gasteiger partial charge in [0.2, 0.25) is 17.7 Å². The Kier molecular flexibility index (Phi) is 8.67. The summed E-state index contributed by atoms with van der Waals surface area (Å²) in [4.78, 5) is 77.8. The molecule has 1 unspecified atom stereocenters. The Morgan fingerprint density at radius 3 is 2.56 bits per heavy atom. The minimum Gasteiger partial charge on any atom is -0.489 e. The Labute approximate surface area is 346 Å². The van der Waals surface area contributed by atoms with Crippen molar-refractivity contribution in [3.05, 3.63) is 92.0 Å². The average Bonchev–Trinajstić information content (AvgIpc) is 3.71. The Morgan fingerprint density at radius 1 is 0.915 bits per heavy atom. The second-order valence-electron chi connectivity index (χ2n) is 17.5. The average molecular weight is 816 g/mol. The molecule has 4 fully saturated rings. The van der Waals surface area contributed by atoms with Crippen LogP contribution in [0.25, 0.3) is 16.6 Å². The first-order chi connectivity index (χ1) is 28.7. The van der Waals surface area contributed by atoms with Crippen molar-refractivity contribution < 1.29 is 23.9 Å². The van der Waals surface area contributed by atoms with Gasteiger partial charge in [-0.05, 0) is 92.6 Å². The lowest BCUT2D eigenvalue weighted by Crippen LogP contribution is -2.59. The van der Waals surface area contributed by atoms with E-state index in [1.165, 1.54) is 17.5 Å². The number of halogens is 1. The number of hydrogen-bond acceptors (Lipinski definition) is 9. The van der Waals surface area contributed by atoms with Crippen LogP contribution in [0.4, 0.5) is 5.69 Å². The molecule has 0 radical (unpaired) electrons. The topological polar surface area (TPSA) is 137 Å². The normalized spacial score (nSPS) is 23.7.